The maximum atomic E-state index is 10.1. The van der Waals surface area contributed by atoms with E-state index in [1.54, 1.807) is 7.05 Å². The zero-order chi connectivity index (χ0) is 12.7. The van der Waals surface area contributed by atoms with Crippen molar-refractivity contribution in [2.75, 3.05) is 13.6 Å². The lowest BCUT2D eigenvalue weighted by Crippen LogP contribution is -2.18. The van der Waals surface area contributed by atoms with Gasteiger partial charge >= 0.3 is 0 Å². The monoisotopic (exact) mass is 218 g/mol. The number of amides is 2. The third-order valence-corrected chi connectivity index (χ3v) is 1.03. The van der Waals surface area contributed by atoms with Crippen LogP contribution in [0.5, 0.6) is 0 Å². The van der Waals surface area contributed by atoms with Crippen LogP contribution in [0.1, 0.15) is 47.5 Å². The molecule has 0 saturated heterocycles. The summed E-state index contributed by atoms with van der Waals surface area (Å²) in [4.78, 5) is 20.0. The topological polar surface area (TPSA) is 58.2 Å². The fraction of sp³-hybridized carbons (Fsp3) is 0.818. The maximum Gasteiger partial charge on any atom is 0.219 e. The molecule has 0 aromatic heterocycles. The largest absolute Gasteiger partial charge is 0.359 e. The Morgan fingerprint density at radius 1 is 1.07 bits per heavy atom. The van der Waals surface area contributed by atoms with E-state index in [1.165, 1.54) is 13.3 Å². The zero-order valence-electron chi connectivity index (χ0n) is 10.9. The van der Waals surface area contributed by atoms with Gasteiger partial charge in [0.2, 0.25) is 11.8 Å². The summed E-state index contributed by atoms with van der Waals surface area (Å²) in [6.45, 7) is 10.2. The van der Waals surface area contributed by atoms with Crippen LogP contribution in [0.2, 0.25) is 0 Å². The van der Waals surface area contributed by atoms with Gasteiger partial charge in [-0.2, -0.15) is 0 Å². The second kappa shape index (κ2) is 18.7. The Labute approximate surface area is 93.8 Å². The molecule has 0 radical (unpaired) electrons. The van der Waals surface area contributed by atoms with Gasteiger partial charge in [-0.25, -0.2) is 0 Å². The van der Waals surface area contributed by atoms with E-state index in [4.69, 9.17) is 0 Å². The van der Waals surface area contributed by atoms with E-state index in [2.05, 4.69) is 24.5 Å². The van der Waals surface area contributed by atoms with Gasteiger partial charge in [0.15, 0.2) is 0 Å². The zero-order valence-corrected chi connectivity index (χ0v) is 10.9. The molecule has 0 fully saturated rings. The van der Waals surface area contributed by atoms with Gasteiger partial charge in [-0.15, -0.1) is 0 Å². The highest BCUT2D eigenvalue weighted by Gasteiger charge is 1.84. The summed E-state index contributed by atoms with van der Waals surface area (Å²) in [5.74, 6) is 0.132. The first kappa shape index (κ1) is 19.5. The Hall–Kier alpha value is -1.06. The van der Waals surface area contributed by atoms with Crippen LogP contribution in [0.15, 0.2) is 0 Å². The molecule has 0 atom stereocenters. The van der Waals surface area contributed by atoms with Crippen molar-refractivity contribution < 1.29 is 9.59 Å². The number of carbonyl (C=O) groups excluding carboxylic acids is 2. The second-order valence-corrected chi connectivity index (χ2v) is 2.82. The highest BCUT2D eigenvalue weighted by molar-refractivity contribution is 5.75. The molecule has 0 rings (SSSR count). The van der Waals surface area contributed by atoms with E-state index in [0.717, 1.165) is 6.54 Å². The Morgan fingerprint density at radius 3 is 1.47 bits per heavy atom. The number of rotatable bonds is 2. The van der Waals surface area contributed by atoms with E-state index >= 15 is 0 Å². The SMILES string of the molecule is CCC.CCC(=O)NC.CCNC(C)=O. The van der Waals surface area contributed by atoms with Crippen molar-refractivity contribution in [1.29, 1.82) is 0 Å². The normalized spacial score (nSPS) is 7.33. The smallest absolute Gasteiger partial charge is 0.219 e. The molecule has 0 aliphatic heterocycles. The molecule has 0 heterocycles. The maximum absolute atomic E-state index is 10.1. The molecular weight excluding hydrogens is 192 g/mol. The predicted octanol–water partition coefficient (Wildman–Crippen LogP) is 1.70. The van der Waals surface area contributed by atoms with Crippen LogP contribution in [-0.2, 0) is 9.59 Å². The number of carbonyl (C=O) groups is 2. The highest BCUT2D eigenvalue weighted by atomic mass is 16.2. The molecule has 4 heteroatoms. The molecule has 2 N–H and O–H groups in total. The molecule has 4 nitrogen and oxygen atoms in total. The first-order valence-electron chi connectivity index (χ1n) is 5.44. The molecule has 0 bridgehead atoms. The van der Waals surface area contributed by atoms with Gasteiger partial charge in [0.25, 0.3) is 0 Å². The van der Waals surface area contributed by atoms with E-state index in [-0.39, 0.29) is 11.8 Å². The third kappa shape index (κ3) is 43.9. The molecule has 15 heavy (non-hydrogen) atoms. The molecule has 0 aliphatic carbocycles. The molecular formula is C11H26N2O2. The van der Waals surface area contributed by atoms with E-state index in [0.29, 0.717) is 6.42 Å². The molecule has 0 spiro atoms. The van der Waals surface area contributed by atoms with Crippen molar-refractivity contribution in [3.63, 3.8) is 0 Å². The van der Waals surface area contributed by atoms with Gasteiger partial charge in [0.1, 0.15) is 0 Å². The van der Waals surface area contributed by atoms with Crippen LogP contribution in [0.4, 0.5) is 0 Å². The molecule has 0 saturated carbocycles. The van der Waals surface area contributed by atoms with Crippen LogP contribution in [0.3, 0.4) is 0 Å². The molecule has 2 amide bonds. The summed E-state index contributed by atoms with van der Waals surface area (Å²) < 4.78 is 0. The van der Waals surface area contributed by atoms with Gasteiger partial charge in [0, 0.05) is 26.9 Å². The van der Waals surface area contributed by atoms with Crippen molar-refractivity contribution in [2.24, 2.45) is 0 Å². The lowest BCUT2D eigenvalue weighted by molar-refractivity contribution is -0.120. The van der Waals surface area contributed by atoms with Crippen LogP contribution in [0, 0.1) is 0 Å². The molecule has 0 unspecified atom stereocenters. The lowest BCUT2D eigenvalue weighted by atomic mass is 10.5. The standard InChI is InChI=1S/2C4H9NO.C3H8/c1-3-4(6)5-2;1-3-5-4(2)6;1-3-2/h2*3H2,1-2H3,(H,5,6);3H2,1-2H3. The van der Waals surface area contributed by atoms with Gasteiger partial charge in [0.05, 0.1) is 0 Å². The Morgan fingerprint density at radius 2 is 1.47 bits per heavy atom. The van der Waals surface area contributed by atoms with Crippen LogP contribution < -0.4 is 10.6 Å². The predicted molar refractivity (Wildman–Crippen MR) is 64.7 cm³/mol. The van der Waals surface area contributed by atoms with E-state index in [9.17, 15) is 9.59 Å². The Bertz CT molecular complexity index is 142. The average molecular weight is 218 g/mol. The van der Waals surface area contributed by atoms with Crippen LogP contribution in [-0.4, -0.2) is 25.4 Å². The van der Waals surface area contributed by atoms with Gasteiger partial charge in [-0.1, -0.05) is 27.2 Å². The summed E-state index contributed by atoms with van der Waals surface area (Å²) in [5.41, 5.74) is 0. The minimum Gasteiger partial charge on any atom is -0.359 e. The first-order valence-corrected chi connectivity index (χ1v) is 5.44. The summed E-state index contributed by atoms with van der Waals surface area (Å²) in [6.07, 6.45) is 1.83. The van der Waals surface area contributed by atoms with Crippen molar-refractivity contribution in [3.05, 3.63) is 0 Å². The number of nitrogens with one attached hydrogen (secondary N) is 2. The quantitative estimate of drug-likeness (QED) is 0.741. The average Bonchev–Trinajstić information content (AvgIpc) is 2.18. The molecule has 0 aliphatic rings. The number of hydrogen-bond acceptors (Lipinski definition) is 2. The van der Waals surface area contributed by atoms with Crippen LogP contribution in [0.25, 0.3) is 0 Å². The van der Waals surface area contributed by atoms with Crippen molar-refractivity contribution >= 4 is 11.8 Å². The minimum atomic E-state index is 0.0394. The van der Waals surface area contributed by atoms with Gasteiger partial charge in [-0.3, -0.25) is 9.59 Å². The Kier molecular flexibility index (Phi) is 24.3. The lowest BCUT2D eigenvalue weighted by Gasteiger charge is -1.88. The highest BCUT2D eigenvalue weighted by Crippen LogP contribution is 1.68. The summed E-state index contributed by atoms with van der Waals surface area (Å²) in [6, 6.07) is 0. The van der Waals surface area contributed by atoms with Crippen molar-refractivity contribution in [2.45, 2.75) is 47.5 Å². The van der Waals surface area contributed by atoms with E-state index in [1.807, 2.05) is 13.8 Å². The van der Waals surface area contributed by atoms with Crippen molar-refractivity contribution in [1.82, 2.24) is 10.6 Å². The van der Waals surface area contributed by atoms with Crippen LogP contribution >= 0.6 is 0 Å². The number of hydrogen-bond donors (Lipinski definition) is 2. The first-order chi connectivity index (χ1) is 6.99. The molecule has 0 aromatic rings. The molecule has 0 aromatic carbocycles. The third-order valence-electron chi connectivity index (χ3n) is 1.03. The fourth-order valence-electron chi connectivity index (χ4n) is 0.426. The Balaban J connectivity index is -0.000000153. The fourth-order valence-corrected chi connectivity index (χ4v) is 0.426. The summed E-state index contributed by atoms with van der Waals surface area (Å²) >= 11 is 0. The minimum absolute atomic E-state index is 0.0394. The van der Waals surface area contributed by atoms with Gasteiger partial charge < -0.3 is 10.6 Å². The summed E-state index contributed by atoms with van der Waals surface area (Å²) in [7, 11) is 1.63. The van der Waals surface area contributed by atoms with Gasteiger partial charge in [-0.05, 0) is 6.92 Å². The van der Waals surface area contributed by atoms with Crippen molar-refractivity contribution in [3.8, 4) is 0 Å². The second-order valence-electron chi connectivity index (χ2n) is 2.82. The molecule has 92 valence electrons. The van der Waals surface area contributed by atoms with E-state index < -0.39 is 0 Å². The summed E-state index contributed by atoms with van der Waals surface area (Å²) in [5, 5.41) is 5.05.